The molecule has 1 aliphatic rings. The van der Waals surface area contributed by atoms with E-state index in [-0.39, 0.29) is 6.54 Å². The van der Waals surface area contributed by atoms with Crippen molar-refractivity contribution >= 4 is 45.2 Å². The van der Waals surface area contributed by atoms with Gasteiger partial charge in [0, 0.05) is 13.1 Å². The van der Waals surface area contributed by atoms with Crippen molar-refractivity contribution in [2.24, 2.45) is 11.8 Å². The Balaban J connectivity index is 1.99. The summed E-state index contributed by atoms with van der Waals surface area (Å²) in [4.78, 5) is 24.9. The Labute approximate surface area is 136 Å². The Hall–Kier alpha value is -1.62. The van der Waals surface area contributed by atoms with E-state index in [9.17, 15) is 18.0 Å². The molecule has 3 heterocycles. The Morgan fingerprint density at radius 1 is 1.43 bits per heavy atom. The number of fused-ring (bicyclic) bond motifs is 1. The Kier molecular flexibility index (Phi) is 4.08. The molecule has 0 radical (unpaired) electrons. The molecule has 1 saturated heterocycles. The van der Waals surface area contributed by atoms with Gasteiger partial charge in [0.25, 0.3) is 0 Å². The van der Waals surface area contributed by atoms with E-state index in [0.29, 0.717) is 16.2 Å². The van der Waals surface area contributed by atoms with Gasteiger partial charge in [0.15, 0.2) is 15.8 Å². The number of nitrogens with zero attached hydrogens (tertiary/aromatic N) is 4. The quantitative estimate of drug-likeness (QED) is 0.838. The van der Waals surface area contributed by atoms with Gasteiger partial charge in [0.05, 0.1) is 11.8 Å². The van der Waals surface area contributed by atoms with Crippen LogP contribution in [-0.4, -0.2) is 51.5 Å². The molecule has 1 fully saturated rings. The standard InChI is InChI=1S/C12H11F3N4O2S2/c1-22-11-18-8-7(23-11)9(17-4-16-8)19-2-5(10(20)21)6(3-19)12(13,14)15/h4-6H,2-3H2,1H3,(H,20,21)/t5-,6-/m1/s1. The van der Waals surface area contributed by atoms with Crippen LogP contribution in [0.1, 0.15) is 0 Å². The van der Waals surface area contributed by atoms with Crippen molar-refractivity contribution < 1.29 is 23.1 Å². The molecule has 0 spiro atoms. The fraction of sp³-hybridized carbons (Fsp3) is 0.500. The normalized spacial score (nSPS) is 22.0. The highest BCUT2D eigenvalue weighted by Gasteiger charge is 2.53. The van der Waals surface area contributed by atoms with Gasteiger partial charge in [-0.15, -0.1) is 11.3 Å². The molecular weight excluding hydrogens is 353 g/mol. The highest BCUT2D eigenvalue weighted by molar-refractivity contribution is 8.00. The third-order valence-electron chi connectivity index (χ3n) is 3.68. The third kappa shape index (κ3) is 2.94. The maximum Gasteiger partial charge on any atom is 0.394 e. The molecule has 0 aromatic carbocycles. The van der Waals surface area contributed by atoms with Gasteiger partial charge in [-0.25, -0.2) is 15.0 Å². The smallest absolute Gasteiger partial charge is 0.394 e. The first kappa shape index (κ1) is 16.2. The van der Waals surface area contributed by atoms with Crippen LogP contribution in [0.15, 0.2) is 10.7 Å². The van der Waals surface area contributed by atoms with Crippen molar-refractivity contribution in [2.75, 3.05) is 24.2 Å². The number of aromatic nitrogens is 3. The van der Waals surface area contributed by atoms with E-state index in [1.807, 2.05) is 6.26 Å². The van der Waals surface area contributed by atoms with Crippen LogP contribution in [0.5, 0.6) is 0 Å². The molecule has 2 aromatic rings. The van der Waals surface area contributed by atoms with Gasteiger partial charge in [0.2, 0.25) is 0 Å². The van der Waals surface area contributed by atoms with Gasteiger partial charge in [-0.2, -0.15) is 13.2 Å². The molecule has 11 heteroatoms. The van der Waals surface area contributed by atoms with Gasteiger partial charge >= 0.3 is 12.1 Å². The number of hydrogen-bond donors (Lipinski definition) is 1. The number of carbonyl (C=O) groups is 1. The zero-order valence-corrected chi connectivity index (χ0v) is 13.4. The lowest BCUT2D eigenvalue weighted by Gasteiger charge is -2.18. The summed E-state index contributed by atoms with van der Waals surface area (Å²) in [5.41, 5.74) is 0.409. The summed E-state index contributed by atoms with van der Waals surface area (Å²) >= 11 is 2.69. The lowest BCUT2D eigenvalue weighted by atomic mass is 9.96. The highest BCUT2D eigenvalue weighted by Crippen LogP contribution is 2.41. The molecule has 2 atom stereocenters. The second-order valence-electron chi connectivity index (χ2n) is 5.03. The van der Waals surface area contributed by atoms with Gasteiger partial charge in [0.1, 0.15) is 11.0 Å². The number of alkyl halides is 3. The van der Waals surface area contributed by atoms with Crippen molar-refractivity contribution in [1.29, 1.82) is 0 Å². The molecule has 1 N–H and O–H groups in total. The van der Waals surface area contributed by atoms with Crippen LogP contribution in [-0.2, 0) is 4.79 Å². The molecule has 0 bridgehead atoms. The first-order chi connectivity index (χ1) is 10.8. The molecule has 3 rings (SSSR count). The van der Waals surface area contributed by atoms with E-state index in [0.717, 1.165) is 4.34 Å². The minimum absolute atomic E-state index is 0.238. The summed E-state index contributed by atoms with van der Waals surface area (Å²) < 4.78 is 40.6. The fourth-order valence-corrected chi connectivity index (χ4v) is 4.12. The zero-order chi connectivity index (χ0) is 16.8. The summed E-state index contributed by atoms with van der Waals surface area (Å²) in [6, 6.07) is 0. The number of thioether (sulfide) groups is 1. The number of rotatable bonds is 3. The minimum atomic E-state index is -4.57. The second kappa shape index (κ2) is 5.78. The first-order valence-corrected chi connectivity index (χ1v) is 8.55. The van der Waals surface area contributed by atoms with Crippen molar-refractivity contribution in [3.05, 3.63) is 6.33 Å². The van der Waals surface area contributed by atoms with E-state index >= 15 is 0 Å². The number of carboxylic acids is 1. The maximum absolute atomic E-state index is 13.1. The topological polar surface area (TPSA) is 79.2 Å². The van der Waals surface area contributed by atoms with Crippen LogP contribution in [0.3, 0.4) is 0 Å². The summed E-state index contributed by atoms with van der Waals surface area (Å²) in [6.07, 6.45) is -1.50. The third-order valence-corrected chi connectivity index (χ3v) is 5.71. The average Bonchev–Trinajstić information content (AvgIpc) is 3.10. The fourth-order valence-electron chi connectivity index (χ4n) is 2.59. The molecule has 0 amide bonds. The van der Waals surface area contributed by atoms with Gasteiger partial charge in [-0.05, 0) is 6.26 Å². The minimum Gasteiger partial charge on any atom is -0.481 e. The summed E-state index contributed by atoms with van der Waals surface area (Å²) in [6.45, 7) is -0.669. The number of anilines is 1. The number of hydrogen-bond acceptors (Lipinski definition) is 7. The first-order valence-electron chi connectivity index (χ1n) is 6.51. The van der Waals surface area contributed by atoms with Crippen LogP contribution in [0.2, 0.25) is 0 Å². The molecule has 1 aliphatic heterocycles. The summed E-state index contributed by atoms with van der Waals surface area (Å²) in [7, 11) is 0. The number of halogens is 3. The Morgan fingerprint density at radius 2 is 2.17 bits per heavy atom. The predicted octanol–water partition coefficient (Wildman–Crippen LogP) is 2.51. The van der Waals surface area contributed by atoms with E-state index in [2.05, 4.69) is 15.0 Å². The van der Waals surface area contributed by atoms with Crippen molar-refractivity contribution in [1.82, 2.24) is 15.0 Å². The molecule has 2 aromatic heterocycles. The van der Waals surface area contributed by atoms with Crippen LogP contribution in [0.25, 0.3) is 10.3 Å². The number of carboxylic acid groups (broad SMARTS) is 1. The summed E-state index contributed by atoms with van der Waals surface area (Å²) in [5, 5.41) is 9.09. The molecule has 124 valence electrons. The van der Waals surface area contributed by atoms with Crippen molar-refractivity contribution in [3.63, 3.8) is 0 Å². The van der Waals surface area contributed by atoms with Crippen LogP contribution < -0.4 is 4.90 Å². The van der Waals surface area contributed by atoms with Crippen LogP contribution in [0.4, 0.5) is 19.0 Å². The molecule has 23 heavy (non-hydrogen) atoms. The maximum atomic E-state index is 13.1. The molecule has 6 nitrogen and oxygen atoms in total. The molecular formula is C12H11F3N4O2S2. The van der Waals surface area contributed by atoms with E-state index < -0.39 is 30.5 Å². The van der Waals surface area contributed by atoms with Crippen LogP contribution in [0, 0.1) is 11.8 Å². The molecule has 0 aliphatic carbocycles. The zero-order valence-electron chi connectivity index (χ0n) is 11.7. The molecule has 0 unspecified atom stereocenters. The Morgan fingerprint density at radius 3 is 2.74 bits per heavy atom. The van der Waals surface area contributed by atoms with Crippen LogP contribution >= 0.6 is 23.1 Å². The highest BCUT2D eigenvalue weighted by atomic mass is 32.2. The van der Waals surface area contributed by atoms with E-state index in [4.69, 9.17) is 5.11 Å². The SMILES string of the molecule is CSc1nc2ncnc(N3C[C@@H](C(F)(F)F)[C@H](C(=O)O)C3)c2s1. The number of thiazole rings is 1. The van der Waals surface area contributed by atoms with Gasteiger partial charge < -0.3 is 10.0 Å². The van der Waals surface area contributed by atoms with E-state index in [1.165, 1.54) is 34.3 Å². The lowest BCUT2D eigenvalue weighted by Crippen LogP contribution is -2.33. The monoisotopic (exact) mass is 364 g/mol. The lowest BCUT2D eigenvalue weighted by molar-refractivity contribution is -0.187. The van der Waals surface area contributed by atoms with Gasteiger partial charge in [-0.3, -0.25) is 4.79 Å². The largest absolute Gasteiger partial charge is 0.481 e. The second-order valence-corrected chi connectivity index (χ2v) is 7.08. The van der Waals surface area contributed by atoms with E-state index in [1.54, 1.807) is 0 Å². The number of aliphatic carboxylic acids is 1. The molecule has 0 saturated carbocycles. The van der Waals surface area contributed by atoms with Crippen molar-refractivity contribution in [3.8, 4) is 0 Å². The van der Waals surface area contributed by atoms with Gasteiger partial charge in [-0.1, -0.05) is 11.8 Å². The van der Waals surface area contributed by atoms with Crippen molar-refractivity contribution in [2.45, 2.75) is 10.5 Å². The average molecular weight is 364 g/mol. The predicted molar refractivity (Wildman–Crippen MR) is 79.9 cm³/mol. The summed E-state index contributed by atoms with van der Waals surface area (Å²) in [5.74, 6) is -4.56. The Bertz CT molecular complexity index is 751.